The van der Waals surface area contributed by atoms with Crippen molar-refractivity contribution in [1.29, 1.82) is 0 Å². The minimum atomic E-state index is -4.36. The van der Waals surface area contributed by atoms with Crippen LogP contribution in [0.5, 0.6) is 0 Å². The monoisotopic (exact) mass is 361 g/mol. The van der Waals surface area contributed by atoms with Crippen LogP contribution in [0.1, 0.15) is 25.3 Å². The fourth-order valence-corrected chi connectivity index (χ4v) is 2.72. The molecule has 0 radical (unpaired) electrons. The van der Waals surface area contributed by atoms with E-state index in [1.54, 1.807) is 0 Å². The minimum absolute atomic E-state index is 0.334. The molecule has 8 heteroatoms. The number of ether oxygens (including phenoxy) is 1. The van der Waals surface area contributed by atoms with Gasteiger partial charge in [-0.25, -0.2) is 4.98 Å². The Hall–Kier alpha value is -1.38. The highest BCUT2D eigenvalue weighted by molar-refractivity contribution is 5.40. The minimum Gasteiger partial charge on any atom is -0.389 e. The van der Waals surface area contributed by atoms with Gasteiger partial charge in [0.05, 0.1) is 18.3 Å². The molecule has 0 spiro atoms. The SMILES string of the molecule is CCCCOCC(O)CN1CCN(c2ccc(C(F)(F)F)cn2)CC1. The molecule has 0 bridgehead atoms. The molecule has 1 aromatic rings. The van der Waals surface area contributed by atoms with Gasteiger partial charge in [-0.2, -0.15) is 13.2 Å². The van der Waals surface area contributed by atoms with E-state index in [1.807, 2.05) is 4.90 Å². The number of nitrogens with zero attached hydrogens (tertiary/aromatic N) is 3. The summed E-state index contributed by atoms with van der Waals surface area (Å²) in [6, 6.07) is 2.47. The standard InChI is InChI=1S/C17H26F3N3O2/c1-2-3-10-25-13-15(24)12-22-6-8-23(9-7-22)16-5-4-14(11-21-16)17(18,19)20/h4-5,11,15,24H,2-3,6-10,12-13H2,1H3. The van der Waals surface area contributed by atoms with Gasteiger partial charge in [0.15, 0.2) is 0 Å². The lowest BCUT2D eigenvalue weighted by Crippen LogP contribution is -2.49. The molecule has 0 amide bonds. The van der Waals surface area contributed by atoms with Crippen molar-refractivity contribution in [3.8, 4) is 0 Å². The summed E-state index contributed by atoms with van der Waals surface area (Å²) in [5, 5.41) is 9.99. The highest BCUT2D eigenvalue weighted by Gasteiger charge is 2.31. The zero-order chi connectivity index (χ0) is 18.3. The first-order valence-electron chi connectivity index (χ1n) is 8.66. The first-order valence-corrected chi connectivity index (χ1v) is 8.66. The van der Waals surface area contributed by atoms with Crippen LogP contribution in [0.3, 0.4) is 0 Å². The fourth-order valence-electron chi connectivity index (χ4n) is 2.72. The number of hydrogen-bond acceptors (Lipinski definition) is 5. The Bertz CT molecular complexity index is 503. The first-order chi connectivity index (χ1) is 11.9. The normalized spacial score (nSPS) is 17.7. The topological polar surface area (TPSA) is 48.8 Å². The van der Waals surface area contributed by atoms with Crippen LogP contribution in [0.25, 0.3) is 0 Å². The van der Waals surface area contributed by atoms with Crippen LogP contribution in [0.2, 0.25) is 0 Å². The number of aliphatic hydroxyl groups excluding tert-OH is 1. The van der Waals surface area contributed by atoms with Gasteiger partial charge < -0.3 is 14.7 Å². The second kappa shape index (κ2) is 9.35. The molecule has 2 rings (SSSR count). The first kappa shape index (κ1) is 19.9. The Kier molecular flexibility index (Phi) is 7.46. The van der Waals surface area contributed by atoms with Crippen LogP contribution in [-0.4, -0.2) is 67.0 Å². The molecule has 5 nitrogen and oxygen atoms in total. The van der Waals surface area contributed by atoms with Crippen molar-refractivity contribution < 1.29 is 23.0 Å². The van der Waals surface area contributed by atoms with Gasteiger partial charge in [0.1, 0.15) is 5.82 Å². The molecule has 1 aromatic heterocycles. The number of hydrogen-bond donors (Lipinski definition) is 1. The van der Waals surface area contributed by atoms with Crippen LogP contribution in [0.15, 0.2) is 18.3 Å². The number of piperazine rings is 1. The summed E-state index contributed by atoms with van der Waals surface area (Å²) < 4.78 is 43.1. The molecule has 1 atom stereocenters. The highest BCUT2D eigenvalue weighted by atomic mass is 19.4. The predicted molar refractivity (Wildman–Crippen MR) is 89.6 cm³/mol. The quantitative estimate of drug-likeness (QED) is 0.721. The average Bonchev–Trinajstić information content (AvgIpc) is 2.59. The third-order valence-corrected chi connectivity index (χ3v) is 4.19. The number of unbranched alkanes of at least 4 members (excludes halogenated alkanes) is 1. The molecule has 0 saturated carbocycles. The molecule has 1 aliphatic rings. The maximum absolute atomic E-state index is 12.6. The van der Waals surface area contributed by atoms with Crippen LogP contribution in [0.4, 0.5) is 19.0 Å². The molecule has 25 heavy (non-hydrogen) atoms. The number of β-amino-alcohol motifs (C(OH)–C–C–N with tert-alkyl or cyclic N) is 1. The molecule has 2 heterocycles. The van der Waals surface area contributed by atoms with Gasteiger partial charge in [-0.3, -0.25) is 4.90 Å². The molecule has 0 aromatic carbocycles. The van der Waals surface area contributed by atoms with Gasteiger partial charge in [0.2, 0.25) is 0 Å². The smallest absolute Gasteiger partial charge is 0.389 e. The number of alkyl halides is 3. The summed E-state index contributed by atoms with van der Waals surface area (Å²) in [4.78, 5) is 8.02. The zero-order valence-electron chi connectivity index (χ0n) is 14.5. The summed E-state index contributed by atoms with van der Waals surface area (Å²) in [6.07, 6.45) is -1.95. The Morgan fingerprint density at radius 2 is 1.96 bits per heavy atom. The van der Waals surface area contributed by atoms with Crippen molar-refractivity contribution in [1.82, 2.24) is 9.88 Å². The Morgan fingerprint density at radius 1 is 1.24 bits per heavy atom. The lowest BCUT2D eigenvalue weighted by atomic mass is 10.2. The summed E-state index contributed by atoms with van der Waals surface area (Å²) in [5.41, 5.74) is -0.735. The Labute approximate surface area is 146 Å². The maximum atomic E-state index is 12.6. The number of aromatic nitrogens is 1. The fraction of sp³-hybridized carbons (Fsp3) is 0.706. The van der Waals surface area contributed by atoms with Gasteiger partial charge in [-0.15, -0.1) is 0 Å². The van der Waals surface area contributed by atoms with Gasteiger partial charge in [0.25, 0.3) is 0 Å². The number of anilines is 1. The van der Waals surface area contributed by atoms with E-state index in [-0.39, 0.29) is 0 Å². The lowest BCUT2D eigenvalue weighted by Gasteiger charge is -2.36. The largest absolute Gasteiger partial charge is 0.417 e. The second-order valence-electron chi connectivity index (χ2n) is 6.27. The van der Waals surface area contributed by atoms with E-state index in [4.69, 9.17) is 4.74 Å². The third kappa shape index (κ3) is 6.45. The Morgan fingerprint density at radius 3 is 2.52 bits per heavy atom. The van der Waals surface area contributed by atoms with E-state index in [2.05, 4.69) is 16.8 Å². The van der Waals surface area contributed by atoms with Crippen LogP contribution >= 0.6 is 0 Å². The molecule has 0 aliphatic carbocycles. The zero-order valence-corrected chi connectivity index (χ0v) is 14.5. The molecular formula is C17H26F3N3O2. The number of halogens is 3. The summed E-state index contributed by atoms with van der Waals surface area (Å²) in [6.45, 7) is 6.43. The van der Waals surface area contributed by atoms with E-state index in [9.17, 15) is 18.3 Å². The average molecular weight is 361 g/mol. The van der Waals surface area contributed by atoms with Crippen LogP contribution in [-0.2, 0) is 10.9 Å². The van der Waals surface area contributed by atoms with Crippen molar-refractivity contribution in [3.63, 3.8) is 0 Å². The third-order valence-electron chi connectivity index (χ3n) is 4.19. The van der Waals surface area contributed by atoms with Crippen molar-refractivity contribution in [2.24, 2.45) is 0 Å². The van der Waals surface area contributed by atoms with Crippen LogP contribution in [0, 0.1) is 0 Å². The lowest BCUT2D eigenvalue weighted by molar-refractivity contribution is -0.137. The summed E-state index contributed by atoms with van der Waals surface area (Å²) in [5.74, 6) is 0.552. The Balaban J connectivity index is 1.74. The van der Waals surface area contributed by atoms with E-state index in [1.165, 1.54) is 6.07 Å². The van der Waals surface area contributed by atoms with Crippen LogP contribution < -0.4 is 4.90 Å². The molecule has 1 fully saturated rings. The maximum Gasteiger partial charge on any atom is 0.417 e. The van der Waals surface area contributed by atoms with E-state index < -0.39 is 17.8 Å². The molecule has 1 aliphatic heterocycles. The number of pyridine rings is 1. The predicted octanol–water partition coefficient (Wildman–Crippen LogP) is 2.40. The van der Waals surface area contributed by atoms with Gasteiger partial charge in [0, 0.05) is 45.5 Å². The molecular weight excluding hydrogens is 335 g/mol. The molecule has 142 valence electrons. The van der Waals surface area contributed by atoms with Gasteiger partial charge >= 0.3 is 6.18 Å². The van der Waals surface area contributed by atoms with Crippen molar-refractivity contribution in [2.75, 3.05) is 50.8 Å². The van der Waals surface area contributed by atoms with E-state index in [0.717, 1.165) is 38.2 Å². The second-order valence-corrected chi connectivity index (χ2v) is 6.27. The van der Waals surface area contributed by atoms with Crippen molar-refractivity contribution in [2.45, 2.75) is 32.0 Å². The summed E-state index contributed by atoms with van der Waals surface area (Å²) >= 11 is 0. The van der Waals surface area contributed by atoms with E-state index in [0.29, 0.717) is 38.7 Å². The molecule has 1 saturated heterocycles. The van der Waals surface area contributed by atoms with E-state index >= 15 is 0 Å². The van der Waals surface area contributed by atoms with Crippen molar-refractivity contribution in [3.05, 3.63) is 23.9 Å². The number of aliphatic hydroxyl groups is 1. The van der Waals surface area contributed by atoms with Gasteiger partial charge in [-0.1, -0.05) is 13.3 Å². The highest BCUT2D eigenvalue weighted by Crippen LogP contribution is 2.29. The number of rotatable bonds is 8. The van der Waals surface area contributed by atoms with Crippen molar-refractivity contribution >= 4 is 5.82 Å². The molecule has 1 unspecified atom stereocenters. The molecule has 1 N–H and O–H groups in total. The van der Waals surface area contributed by atoms with Gasteiger partial charge in [-0.05, 0) is 18.6 Å². The summed E-state index contributed by atoms with van der Waals surface area (Å²) in [7, 11) is 0.